The molecule has 2 aromatic carbocycles. The Hall–Kier alpha value is -0.630. The molecule has 21 heavy (non-hydrogen) atoms. The number of rotatable bonds is 2. The molecule has 0 unspecified atom stereocenters. The highest BCUT2D eigenvalue weighted by Gasteiger charge is 2.17. The molecule has 0 aliphatic heterocycles. The van der Waals surface area contributed by atoms with E-state index in [9.17, 15) is 4.79 Å². The van der Waals surface area contributed by atoms with Crippen LogP contribution in [-0.4, -0.2) is 5.91 Å². The van der Waals surface area contributed by atoms with E-state index in [4.69, 9.17) is 11.6 Å². The standard InChI is InChI=1S/C15H8BrClINOS/c16-8-5-6-11(10(18)7-8)19-15(20)14-13(17)9-3-1-2-4-12(9)21-14/h1-7H,(H,19,20). The van der Waals surface area contributed by atoms with Crippen LogP contribution in [0.15, 0.2) is 46.9 Å². The Balaban J connectivity index is 1.95. The van der Waals surface area contributed by atoms with E-state index in [1.165, 1.54) is 11.3 Å². The average molecular weight is 493 g/mol. The van der Waals surface area contributed by atoms with Crippen molar-refractivity contribution in [1.82, 2.24) is 0 Å². The number of hydrogen-bond donors (Lipinski definition) is 1. The van der Waals surface area contributed by atoms with Gasteiger partial charge in [-0.15, -0.1) is 11.3 Å². The van der Waals surface area contributed by atoms with Gasteiger partial charge < -0.3 is 5.32 Å². The van der Waals surface area contributed by atoms with Crippen LogP contribution in [-0.2, 0) is 0 Å². The average Bonchev–Trinajstić information content (AvgIpc) is 2.80. The van der Waals surface area contributed by atoms with Gasteiger partial charge in [-0.1, -0.05) is 45.7 Å². The van der Waals surface area contributed by atoms with Gasteiger partial charge in [0, 0.05) is 18.1 Å². The van der Waals surface area contributed by atoms with Crippen LogP contribution in [0.1, 0.15) is 9.67 Å². The van der Waals surface area contributed by atoms with E-state index in [0.29, 0.717) is 9.90 Å². The maximum Gasteiger partial charge on any atom is 0.267 e. The normalized spacial score (nSPS) is 10.8. The highest BCUT2D eigenvalue weighted by Crippen LogP contribution is 2.35. The van der Waals surface area contributed by atoms with Gasteiger partial charge in [0.2, 0.25) is 0 Å². The summed E-state index contributed by atoms with van der Waals surface area (Å²) < 4.78 is 2.95. The minimum atomic E-state index is -0.179. The zero-order chi connectivity index (χ0) is 15.0. The van der Waals surface area contributed by atoms with Crippen molar-refractivity contribution in [1.29, 1.82) is 0 Å². The fourth-order valence-electron chi connectivity index (χ4n) is 1.93. The number of hydrogen-bond acceptors (Lipinski definition) is 2. The van der Waals surface area contributed by atoms with E-state index in [0.717, 1.165) is 23.8 Å². The molecule has 6 heteroatoms. The molecule has 0 bridgehead atoms. The van der Waals surface area contributed by atoms with Gasteiger partial charge in [0.15, 0.2) is 0 Å². The molecule has 3 aromatic rings. The lowest BCUT2D eigenvalue weighted by Crippen LogP contribution is -2.11. The van der Waals surface area contributed by atoms with Gasteiger partial charge >= 0.3 is 0 Å². The Labute approximate surface area is 152 Å². The first kappa shape index (κ1) is 15.3. The summed E-state index contributed by atoms with van der Waals surface area (Å²) in [5, 5.41) is 4.34. The molecule has 0 radical (unpaired) electrons. The second-order valence-electron chi connectivity index (χ2n) is 4.32. The van der Waals surface area contributed by atoms with Crippen molar-refractivity contribution in [2.45, 2.75) is 0 Å². The quantitative estimate of drug-likeness (QED) is 0.426. The van der Waals surface area contributed by atoms with E-state index in [1.54, 1.807) is 0 Å². The molecule has 1 amide bonds. The molecule has 1 aromatic heterocycles. The minimum absolute atomic E-state index is 0.179. The predicted molar refractivity (Wildman–Crippen MR) is 102 cm³/mol. The van der Waals surface area contributed by atoms with Crippen LogP contribution >= 0.6 is 61.5 Å². The summed E-state index contributed by atoms with van der Waals surface area (Å²) >= 11 is 13.3. The van der Waals surface area contributed by atoms with Crippen molar-refractivity contribution in [3.05, 3.63) is 60.4 Å². The van der Waals surface area contributed by atoms with E-state index >= 15 is 0 Å². The van der Waals surface area contributed by atoms with Crippen molar-refractivity contribution < 1.29 is 4.79 Å². The number of anilines is 1. The molecule has 0 aliphatic rings. The van der Waals surface area contributed by atoms with Crippen molar-refractivity contribution >= 4 is 83.1 Å². The summed E-state index contributed by atoms with van der Waals surface area (Å²) in [5.41, 5.74) is 0.775. The third kappa shape index (κ3) is 3.11. The fourth-order valence-corrected chi connectivity index (χ4v) is 4.78. The highest BCUT2D eigenvalue weighted by atomic mass is 127. The molecule has 2 nitrogen and oxygen atoms in total. The van der Waals surface area contributed by atoms with Gasteiger partial charge in [-0.3, -0.25) is 4.79 Å². The lowest BCUT2D eigenvalue weighted by Gasteiger charge is -2.07. The Morgan fingerprint density at radius 1 is 1.24 bits per heavy atom. The molecule has 0 saturated carbocycles. The van der Waals surface area contributed by atoms with Crippen LogP contribution in [0, 0.1) is 3.57 Å². The van der Waals surface area contributed by atoms with Crippen LogP contribution in [0.5, 0.6) is 0 Å². The second-order valence-corrected chi connectivity index (χ2v) is 7.83. The maximum atomic E-state index is 12.4. The SMILES string of the molecule is O=C(Nc1ccc(Br)cc1I)c1sc2ccccc2c1Cl. The molecular formula is C15H8BrClINOS. The van der Waals surface area contributed by atoms with Gasteiger partial charge in [0.25, 0.3) is 5.91 Å². The highest BCUT2D eigenvalue weighted by molar-refractivity contribution is 14.1. The molecule has 0 atom stereocenters. The number of fused-ring (bicyclic) bond motifs is 1. The fraction of sp³-hybridized carbons (Fsp3) is 0. The number of halogens is 3. The number of carbonyl (C=O) groups is 1. The summed E-state index contributed by atoms with van der Waals surface area (Å²) in [6, 6.07) is 13.5. The van der Waals surface area contributed by atoms with Crippen LogP contribution in [0.2, 0.25) is 5.02 Å². The van der Waals surface area contributed by atoms with Crippen molar-refractivity contribution in [3.8, 4) is 0 Å². The van der Waals surface area contributed by atoms with Gasteiger partial charge in [-0.25, -0.2) is 0 Å². The van der Waals surface area contributed by atoms with E-state index in [-0.39, 0.29) is 5.91 Å². The first-order valence-corrected chi connectivity index (χ1v) is 9.06. The number of thiophene rings is 1. The van der Waals surface area contributed by atoms with Gasteiger partial charge in [-0.2, -0.15) is 0 Å². The van der Waals surface area contributed by atoms with E-state index in [1.807, 2.05) is 42.5 Å². The van der Waals surface area contributed by atoms with Crippen molar-refractivity contribution in [2.75, 3.05) is 5.32 Å². The van der Waals surface area contributed by atoms with Crippen LogP contribution in [0.3, 0.4) is 0 Å². The maximum absolute atomic E-state index is 12.4. The Kier molecular flexibility index (Phi) is 4.54. The summed E-state index contributed by atoms with van der Waals surface area (Å²) in [4.78, 5) is 13.0. The first-order valence-electron chi connectivity index (χ1n) is 5.99. The van der Waals surface area contributed by atoms with E-state index < -0.39 is 0 Å². The summed E-state index contributed by atoms with van der Waals surface area (Å²) in [5.74, 6) is -0.179. The Morgan fingerprint density at radius 3 is 2.71 bits per heavy atom. The minimum Gasteiger partial charge on any atom is -0.320 e. The molecule has 0 saturated heterocycles. The van der Waals surface area contributed by atoms with Gasteiger partial charge in [0.05, 0.1) is 10.7 Å². The zero-order valence-electron chi connectivity index (χ0n) is 10.5. The second kappa shape index (κ2) is 6.24. The van der Waals surface area contributed by atoms with Gasteiger partial charge in [0.1, 0.15) is 4.88 Å². The molecule has 106 valence electrons. The number of amides is 1. The molecule has 0 aliphatic carbocycles. The predicted octanol–water partition coefficient (Wildman–Crippen LogP) is 6.17. The lowest BCUT2D eigenvalue weighted by atomic mass is 10.2. The summed E-state index contributed by atoms with van der Waals surface area (Å²) in [6.07, 6.45) is 0. The monoisotopic (exact) mass is 491 g/mol. The third-order valence-electron chi connectivity index (χ3n) is 2.92. The number of nitrogens with one attached hydrogen (secondary N) is 1. The largest absolute Gasteiger partial charge is 0.320 e. The first-order chi connectivity index (χ1) is 10.1. The molecule has 0 spiro atoms. The van der Waals surface area contributed by atoms with Crippen molar-refractivity contribution in [3.63, 3.8) is 0 Å². The van der Waals surface area contributed by atoms with Gasteiger partial charge in [-0.05, 0) is 46.9 Å². The zero-order valence-corrected chi connectivity index (χ0v) is 15.8. The molecular weight excluding hydrogens is 484 g/mol. The van der Waals surface area contributed by atoms with Crippen LogP contribution in [0.4, 0.5) is 5.69 Å². The molecule has 3 rings (SSSR count). The van der Waals surface area contributed by atoms with Crippen LogP contribution < -0.4 is 5.32 Å². The van der Waals surface area contributed by atoms with Crippen LogP contribution in [0.25, 0.3) is 10.1 Å². The number of benzene rings is 2. The lowest BCUT2D eigenvalue weighted by molar-refractivity contribution is 0.103. The number of carbonyl (C=O) groups excluding carboxylic acids is 1. The molecule has 1 heterocycles. The topological polar surface area (TPSA) is 29.1 Å². The van der Waals surface area contributed by atoms with E-state index in [2.05, 4.69) is 43.8 Å². The smallest absolute Gasteiger partial charge is 0.267 e. The Bertz CT molecular complexity index is 849. The van der Waals surface area contributed by atoms with Crippen molar-refractivity contribution in [2.24, 2.45) is 0 Å². The third-order valence-corrected chi connectivity index (χ3v) is 5.98. The Morgan fingerprint density at radius 2 is 2.00 bits per heavy atom. The molecule has 0 fully saturated rings. The summed E-state index contributed by atoms with van der Waals surface area (Å²) in [7, 11) is 0. The summed E-state index contributed by atoms with van der Waals surface area (Å²) in [6.45, 7) is 0. The molecule has 1 N–H and O–H groups in total.